The van der Waals surface area contributed by atoms with Crippen molar-refractivity contribution >= 4 is 28.4 Å². The zero-order valence-electron chi connectivity index (χ0n) is 12.2. The van der Waals surface area contributed by atoms with Gasteiger partial charge in [-0.1, -0.05) is 0 Å². The molecule has 21 heavy (non-hydrogen) atoms. The summed E-state index contributed by atoms with van der Waals surface area (Å²) in [5.74, 6) is -1.01. The van der Waals surface area contributed by atoms with Crippen LogP contribution in [0.3, 0.4) is 0 Å². The smallest absolute Gasteiger partial charge is 0.313 e. The van der Waals surface area contributed by atoms with Gasteiger partial charge in [-0.3, -0.25) is 9.59 Å². The summed E-state index contributed by atoms with van der Waals surface area (Å²) in [5, 5.41) is 3.70. The molecule has 2 aromatic rings. The van der Waals surface area contributed by atoms with E-state index in [2.05, 4.69) is 10.3 Å². The number of amides is 2. The highest BCUT2D eigenvalue weighted by atomic mass is 16.2. The van der Waals surface area contributed by atoms with Crippen molar-refractivity contribution in [3.8, 4) is 0 Å². The predicted octanol–water partition coefficient (Wildman–Crippen LogP) is 2.51. The average molecular weight is 285 g/mol. The first-order chi connectivity index (χ1) is 10.1. The van der Waals surface area contributed by atoms with Gasteiger partial charge in [-0.25, -0.2) is 0 Å². The largest absolute Gasteiger partial charge is 0.361 e. The van der Waals surface area contributed by atoms with Gasteiger partial charge in [0.05, 0.1) is 0 Å². The van der Waals surface area contributed by atoms with Crippen molar-refractivity contribution < 1.29 is 9.59 Å². The molecular weight excluding hydrogens is 266 g/mol. The molecule has 0 aliphatic carbocycles. The van der Waals surface area contributed by atoms with E-state index in [1.165, 1.54) is 0 Å². The number of aromatic amines is 1. The summed E-state index contributed by atoms with van der Waals surface area (Å²) in [6, 6.07) is 7.72. The van der Waals surface area contributed by atoms with E-state index in [0.29, 0.717) is 5.69 Å². The van der Waals surface area contributed by atoms with Crippen LogP contribution < -0.4 is 5.32 Å². The standard InChI is InChI=1S/C16H19N3O2/c1-10-3-4-11(2)19(10)16(21)15(20)18-13-5-6-14-12(9-13)7-8-17-14/h5-11,17H,3-4H2,1-2H3,(H,18,20). The number of nitrogens with one attached hydrogen (secondary N) is 2. The van der Waals surface area contributed by atoms with Crippen LogP contribution in [0, 0.1) is 0 Å². The van der Waals surface area contributed by atoms with E-state index >= 15 is 0 Å². The third-order valence-electron chi connectivity index (χ3n) is 4.19. The lowest BCUT2D eigenvalue weighted by Crippen LogP contribution is -2.44. The quantitative estimate of drug-likeness (QED) is 0.791. The molecule has 1 aliphatic heterocycles. The van der Waals surface area contributed by atoms with Crippen LogP contribution in [0.5, 0.6) is 0 Å². The number of hydrogen-bond acceptors (Lipinski definition) is 2. The first-order valence-corrected chi connectivity index (χ1v) is 7.27. The maximum Gasteiger partial charge on any atom is 0.313 e. The van der Waals surface area contributed by atoms with Crippen LogP contribution in [-0.4, -0.2) is 33.8 Å². The molecule has 1 saturated heterocycles. The molecule has 2 unspecified atom stereocenters. The number of rotatable bonds is 1. The van der Waals surface area contributed by atoms with Crippen molar-refractivity contribution in [2.45, 2.75) is 38.8 Å². The normalized spacial score (nSPS) is 21.7. The molecule has 2 atom stereocenters. The third-order valence-corrected chi connectivity index (χ3v) is 4.19. The second-order valence-corrected chi connectivity index (χ2v) is 5.72. The van der Waals surface area contributed by atoms with Crippen LogP contribution in [0.15, 0.2) is 30.5 Å². The fraction of sp³-hybridized carbons (Fsp3) is 0.375. The summed E-state index contributed by atoms with van der Waals surface area (Å²) >= 11 is 0. The fourth-order valence-corrected chi connectivity index (χ4v) is 3.03. The van der Waals surface area contributed by atoms with Crippen molar-refractivity contribution in [2.75, 3.05) is 5.32 Å². The van der Waals surface area contributed by atoms with Crippen molar-refractivity contribution in [1.82, 2.24) is 9.88 Å². The number of fused-ring (bicyclic) bond motifs is 1. The van der Waals surface area contributed by atoms with Gasteiger partial charge >= 0.3 is 11.8 Å². The molecule has 1 fully saturated rings. The van der Waals surface area contributed by atoms with Gasteiger partial charge in [0.25, 0.3) is 0 Å². The van der Waals surface area contributed by atoms with Crippen molar-refractivity contribution in [2.24, 2.45) is 0 Å². The Morgan fingerprint density at radius 2 is 1.90 bits per heavy atom. The number of aromatic nitrogens is 1. The number of nitrogens with zero attached hydrogens (tertiary/aromatic N) is 1. The molecule has 0 saturated carbocycles. The second-order valence-electron chi connectivity index (χ2n) is 5.72. The first kappa shape index (κ1) is 13.7. The molecular formula is C16H19N3O2. The Morgan fingerprint density at radius 3 is 2.62 bits per heavy atom. The minimum Gasteiger partial charge on any atom is -0.361 e. The second kappa shape index (κ2) is 5.24. The molecule has 2 N–H and O–H groups in total. The van der Waals surface area contributed by atoms with Crippen LogP contribution >= 0.6 is 0 Å². The van der Waals surface area contributed by atoms with Gasteiger partial charge in [0, 0.05) is 34.9 Å². The molecule has 1 aromatic carbocycles. The van der Waals surface area contributed by atoms with Gasteiger partial charge in [0.1, 0.15) is 0 Å². The molecule has 1 aromatic heterocycles. The molecule has 3 rings (SSSR count). The Labute approximate surface area is 123 Å². The highest BCUT2D eigenvalue weighted by Gasteiger charge is 2.34. The highest BCUT2D eigenvalue weighted by molar-refractivity contribution is 6.39. The average Bonchev–Trinajstić information content (AvgIpc) is 3.04. The highest BCUT2D eigenvalue weighted by Crippen LogP contribution is 2.24. The number of carbonyl (C=O) groups excluding carboxylic acids is 2. The van der Waals surface area contributed by atoms with Crippen LogP contribution in [0.2, 0.25) is 0 Å². The lowest BCUT2D eigenvalue weighted by Gasteiger charge is -2.25. The first-order valence-electron chi connectivity index (χ1n) is 7.27. The zero-order chi connectivity index (χ0) is 15.0. The van der Waals surface area contributed by atoms with Gasteiger partial charge < -0.3 is 15.2 Å². The molecule has 5 nitrogen and oxygen atoms in total. The summed E-state index contributed by atoms with van der Waals surface area (Å²) < 4.78 is 0. The summed E-state index contributed by atoms with van der Waals surface area (Å²) in [6.45, 7) is 3.97. The minimum atomic E-state index is -0.564. The number of H-pyrrole nitrogens is 1. The van der Waals surface area contributed by atoms with Crippen molar-refractivity contribution in [3.05, 3.63) is 30.5 Å². The van der Waals surface area contributed by atoms with Crippen LogP contribution in [0.4, 0.5) is 5.69 Å². The monoisotopic (exact) mass is 285 g/mol. The van der Waals surface area contributed by atoms with Gasteiger partial charge in [0.15, 0.2) is 0 Å². The number of benzene rings is 1. The Balaban J connectivity index is 1.74. The Morgan fingerprint density at radius 1 is 1.19 bits per heavy atom. The van der Waals surface area contributed by atoms with Crippen LogP contribution in [0.25, 0.3) is 10.9 Å². The Hall–Kier alpha value is -2.30. The Kier molecular flexibility index (Phi) is 3.41. The van der Waals surface area contributed by atoms with Crippen LogP contribution in [0.1, 0.15) is 26.7 Å². The minimum absolute atomic E-state index is 0.130. The van der Waals surface area contributed by atoms with Gasteiger partial charge in [-0.2, -0.15) is 0 Å². The van der Waals surface area contributed by atoms with E-state index in [1.54, 1.807) is 11.0 Å². The van der Waals surface area contributed by atoms with Crippen LogP contribution in [-0.2, 0) is 9.59 Å². The Bertz CT molecular complexity index is 682. The summed E-state index contributed by atoms with van der Waals surface area (Å²) in [4.78, 5) is 29.2. The summed E-state index contributed by atoms with van der Waals surface area (Å²) in [5.41, 5.74) is 1.64. The molecule has 0 bridgehead atoms. The van der Waals surface area contributed by atoms with E-state index in [9.17, 15) is 9.59 Å². The number of carbonyl (C=O) groups is 2. The SMILES string of the molecule is CC1CCC(C)N1C(=O)C(=O)Nc1ccc2[nH]ccc2c1. The van der Waals surface area contributed by atoms with Gasteiger partial charge in [0.2, 0.25) is 0 Å². The van der Waals surface area contributed by atoms with E-state index in [0.717, 1.165) is 23.7 Å². The number of hydrogen-bond donors (Lipinski definition) is 2. The van der Waals surface area contributed by atoms with E-state index in [-0.39, 0.29) is 12.1 Å². The molecule has 110 valence electrons. The van der Waals surface area contributed by atoms with Crippen molar-refractivity contribution in [1.29, 1.82) is 0 Å². The van der Waals surface area contributed by atoms with E-state index in [1.807, 2.05) is 38.2 Å². The lowest BCUT2D eigenvalue weighted by atomic mass is 10.2. The van der Waals surface area contributed by atoms with Crippen molar-refractivity contribution in [3.63, 3.8) is 0 Å². The summed E-state index contributed by atoms with van der Waals surface area (Å²) in [6.07, 6.45) is 3.75. The number of likely N-dealkylation sites (tertiary alicyclic amines) is 1. The third kappa shape index (κ3) is 2.51. The molecule has 0 radical (unpaired) electrons. The molecule has 1 aliphatic rings. The number of anilines is 1. The maximum absolute atomic E-state index is 12.3. The molecule has 0 spiro atoms. The fourth-order valence-electron chi connectivity index (χ4n) is 3.03. The van der Waals surface area contributed by atoms with E-state index < -0.39 is 11.8 Å². The summed E-state index contributed by atoms with van der Waals surface area (Å²) in [7, 11) is 0. The van der Waals surface area contributed by atoms with Gasteiger partial charge in [-0.15, -0.1) is 0 Å². The topological polar surface area (TPSA) is 65.2 Å². The lowest BCUT2D eigenvalue weighted by molar-refractivity contribution is -0.144. The van der Waals surface area contributed by atoms with E-state index in [4.69, 9.17) is 0 Å². The molecule has 2 heterocycles. The predicted molar refractivity (Wildman–Crippen MR) is 81.9 cm³/mol. The molecule has 5 heteroatoms. The zero-order valence-corrected chi connectivity index (χ0v) is 12.2. The van der Waals surface area contributed by atoms with Gasteiger partial charge in [-0.05, 0) is 51.0 Å². The molecule has 2 amide bonds. The maximum atomic E-state index is 12.3.